The Morgan fingerprint density at radius 2 is 2.25 bits per heavy atom. The van der Waals surface area contributed by atoms with Gasteiger partial charge in [0.15, 0.2) is 0 Å². The molecule has 6 heteroatoms. The molecular formula is C10H15IN2O3. The second-order valence-electron chi connectivity index (χ2n) is 3.20. The molecule has 90 valence electrons. The van der Waals surface area contributed by atoms with Crippen molar-refractivity contribution < 1.29 is 9.47 Å². The standard InChI is InChI=1S/C10H15IN2O3/c1-15-4-2-5-16-6-3-13-8-12-7-9(11)10(13)14/h7-8H,2-6H2,1H3. The average molecular weight is 338 g/mol. The molecule has 16 heavy (non-hydrogen) atoms. The topological polar surface area (TPSA) is 53.4 Å². The predicted molar refractivity (Wildman–Crippen MR) is 68.5 cm³/mol. The van der Waals surface area contributed by atoms with E-state index in [-0.39, 0.29) is 5.56 Å². The molecular weight excluding hydrogens is 323 g/mol. The minimum atomic E-state index is -0.0175. The van der Waals surface area contributed by atoms with E-state index in [0.717, 1.165) is 6.42 Å². The van der Waals surface area contributed by atoms with Gasteiger partial charge in [0.05, 0.1) is 23.0 Å². The van der Waals surface area contributed by atoms with Crippen molar-refractivity contribution in [1.29, 1.82) is 0 Å². The van der Waals surface area contributed by atoms with E-state index in [0.29, 0.717) is 29.9 Å². The van der Waals surface area contributed by atoms with Crippen LogP contribution in [0.5, 0.6) is 0 Å². The summed E-state index contributed by atoms with van der Waals surface area (Å²) in [6.07, 6.45) is 3.96. The monoisotopic (exact) mass is 338 g/mol. The van der Waals surface area contributed by atoms with Crippen LogP contribution in [0.25, 0.3) is 0 Å². The van der Waals surface area contributed by atoms with E-state index in [9.17, 15) is 4.79 Å². The molecule has 1 heterocycles. The molecule has 0 aliphatic carbocycles. The van der Waals surface area contributed by atoms with Crippen LogP contribution in [0.2, 0.25) is 0 Å². The molecule has 0 aliphatic rings. The zero-order valence-corrected chi connectivity index (χ0v) is 11.3. The Labute approximate surface area is 108 Å². The molecule has 0 saturated carbocycles. The number of methoxy groups -OCH3 is 1. The molecule has 0 saturated heterocycles. The number of aromatic nitrogens is 2. The number of ether oxygens (including phenoxy) is 2. The molecule has 0 aliphatic heterocycles. The van der Waals surface area contributed by atoms with E-state index in [1.165, 1.54) is 6.33 Å². The molecule has 1 aromatic rings. The van der Waals surface area contributed by atoms with Crippen molar-refractivity contribution >= 4 is 22.6 Å². The van der Waals surface area contributed by atoms with Crippen molar-refractivity contribution in [3.05, 3.63) is 26.4 Å². The third-order valence-corrected chi connectivity index (χ3v) is 2.71. The van der Waals surface area contributed by atoms with Gasteiger partial charge in [0.1, 0.15) is 0 Å². The molecule has 0 spiro atoms. The first-order chi connectivity index (χ1) is 7.75. The van der Waals surface area contributed by atoms with E-state index in [2.05, 4.69) is 4.98 Å². The second kappa shape index (κ2) is 7.75. The lowest BCUT2D eigenvalue weighted by Gasteiger charge is -2.06. The Morgan fingerprint density at radius 1 is 1.44 bits per heavy atom. The van der Waals surface area contributed by atoms with Gasteiger partial charge in [-0.25, -0.2) is 4.98 Å². The molecule has 0 aromatic carbocycles. The zero-order valence-electron chi connectivity index (χ0n) is 9.19. The number of hydrogen-bond donors (Lipinski definition) is 0. The normalized spacial score (nSPS) is 10.6. The van der Waals surface area contributed by atoms with Crippen LogP contribution in [0.3, 0.4) is 0 Å². The summed E-state index contributed by atoms with van der Waals surface area (Å²) in [4.78, 5) is 15.5. The first kappa shape index (κ1) is 13.6. The van der Waals surface area contributed by atoms with Crippen molar-refractivity contribution in [2.45, 2.75) is 13.0 Å². The highest BCUT2D eigenvalue weighted by atomic mass is 127. The highest BCUT2D eigenvalue weighted by Crippen LogP contribution is 1.93. The summed E-state index contributed by atoms with van der Waals surface area (Å²) < 4.78 is 12.4. The Balaban J connectivity index is 2.27. The maximum Gasteiger partial charge on any atom is 0.266 e. The fourth-order valence-electron chi connectivity index (χ4n) is 1.15. The van der Waals surface area contributed by atoms with Crippen molar-refractivity contribution in [3.8, 4) is 0 Å². The largest absolute Gasteiger partial charge is 0.385 e. The predicted octanol–water partition coefficient (Wildman–Crippen LogP) is 0.901. The van der Waals surface area contributed by atoms with Crippen molar-refractivity contribution in [3.63, 3.8) is 0 Å². The zero-order chi connectivity index (χ0) is 11.8. The van der Waals surface area contributed by atoms with E-state index < -0.39 is 0 Å². The maximum absolute atomic E-state index is 11.6. The lowest BCUT2D eigenvalue weighted by molar-refractivity contribution is 0.0970. The summed E-state index contributed by atoms with van der Waals surface area (Å²) in [5.74, 6) is 0. The molecule has 0 bridgehead atoms. The van der Waals surface area contributed by atoms with Gasteiger partial charge >= 0.3 is 0 Å². The molecule has 0 N–H and O–H groups in total. The van der Waals surface area contributed by atoms with E-state index in [4.69, 9.17) is 9.47 Å². The summed E-state index contributed by atoms with van der Waals surface area (Å²) in [6, 6.07) is 0. The number of nitrogens with zero attached hydrogens (tertiary/aromatic N) is 2. The fourth-order valence-corrected chi connectivity index (χ4v) is 1.62. The molecule has 1 aromatic heterocycles. The first-order valence-corrected chi connectivity index (χ1v) is 6.10. The third-order valence-electron chi connectivity index (χ3n) is 1.97. The van der Waals surface area contributed by atoms with Gasteiger partial charge in [-0.2, -0.15) is 0 Å². The number of rotatable bonds is 7. The summed E-state index contributed by atoms with van der Waals surface area (Å²) in [7, 11) is 1.66. The van der Waals surface area contributed by atoms with E-state index in [1.807, 2.05) is 22.6 Å². The van der Waals surface area contributed by atoms with Crippen LogP contribution in [0.4, 0.5) is 0 Å². The van der Waals surface area contributed by atoms with Crippen LogP contribution in [0, 0.1) is 3.57 Å². The van der Waals surface area contributed by atoms with Crippen LogP contribution < -0.4 is 5.56 Å². The van der Waals surface area contributed by atoms with E-state index in [1.54, 1.807) is 17.9 Å². The first-order valence-electron chi connectivity index (χ1n) is 5.02. The van der Waals surface area contributed by atoms with Gasteiger partial charge in [0.25, 0.3) is 5.56 Å². The highest BCUT2D eigenvalue weighted by Gasteiger charge is 1.99. The van der Waals surface area contributed by atoms with Gasteiger partial charge < -0.3 is 9.47 Å². The van der Waals surface area contributed by atoms with Gasteiger partial charge in [-0.15, -0.1) is 0 Å². The Kier molecular flexibility index (Phi) is 6.58. The Bertz CT molecular complexity index is 367. The lowest BCUT2D eigenvalue weighted by atomic mass is 10.5. The maximum atomic E-state index is 11.6. The SMILES string of the molecule is COCCCOCCn1cncc(I)c1=O. The van der Waals surface area contributed by atoms with Crippen LogP contribution >= 0.6 is 22.6 Å². The van der Waals surface area contributed by atoms with Gasteiger partial charge in [-0.1, -0.05) is 0 Å². The summed E-state index contributed by atoms with van der Waals surface area (Å²) in [5, 5.41) is 0. The van der Waals surface area contributed by atoms with E-state index >= 15 is 0 Å². The highest BCUT2D eigenvalue weighted by molar-refractivity contribution is 14.1. The van der Waals surface area contributed by atoms with Gasteiger partial charge in [-0.05, 0) is 29.0 Å². The quantitative estimate of drug-likeness (QED) is 0.548. The van der Waals surface area contributed by atoms with Gasteiger partial charge in [0, 0.05) is 26.5 Å². The summed E-state index contributed by atoms with van der Waals surface area (Å²) in [6.45, 7) is 2.41. The summed E-state index contributed by atoms with van der Waals surface area (Å²) in [5.41, 5.74) is -0.0175. The van der Waals surface area contributed by atoms with Crippen LogP contribution in [0.1, 0.15) is 6.42 Å². The smallest absolute Gasteiger partial charge is 0.266 e. The minimum Gasteiger partial charge on any atom is -0.385 e. The fraction of sp³-hybridized carbons (Fsp3) is 0.600. The number of halogens is 1. The average Bonchev–Trinajstić information content (AvgIpc) is 2.29. The van der Waals surface area contributed by atoms with Crippen LogP contribution in [-0.2, 0) is 16.0 Å². The molecule has 5 nitrogen and oxygen atoms in total. The molecule has 0 unspecified atom stereocenters. The number of hydrogen-bond acceptors (Lipinski definition) is 4. The Hall–Kier alpha value is -0.470. The molecule has 0 fully saturated rings. The molecule has 0 radical (unpaired) electrons. The van der Waals surface area contributed by atoms with Crippen LogP contribution in [-0.4, -0.2) is 36.5 Å². The van der Waals surface area contributed by atoms with Crippen molar-refractivity contribution in [2.75, 3.05) is 26.9 Å². The minimum absolute atomic E-state index is 0.0175. The summed E-state index contributed by atoms with van der Waals surface area (Å²) >= 11 is 1.98. The lowest BCUT2D eigenvalue weighted by Crippen LogP contribution is -2.24. The van der Waals surface area contributed by atoms with Crippen LogP contribution in [0.15, 0.2) is 17.3 Å². The molecule has 0 amide bonds. The van der Waals surface area contributed by atoms with Gasteiger partial charge in [-0.3, -0.25) is 9.36 Å². The molecule has 0 atom stereocenters. The second-order valence-corrected chi connectivity index (χ2v) is 4.36. The molecule has 1 rings (SSSR count). The van der Waals surface area contributed by atoms with Crippen molar-refractivity contribution in [2.24, 2.45) is 0 Å². The van der Waals surface area contributed by atoms with Gasteiger partial charge in [0.2, 0.25) is 0 Å². The third kappa shape index (κ3) is 4.58. The Morgan fingerprint density at radius 3 is 3.00 bits per heavy atom. The van der Waals surface area contributed by atoms with Crippen molar-refractivity contribution in [1.82, 2.24) is 9.55 Å².